The lowest BCUT2D eigenvalue weighted by atomic mass is 9.97. The van der Waals surface area contributed by atoms with Crippen LogP contribution in [0.15, 0.2) is 66.9 Å². The van der Waals surface area contributed by atoms with Crippen molar-refractivity contribution in [3.8, 4) is 17.4 Å². The first-order chi connectivity index (χ1) is 14.6. The first-order valence-electron chi connectivity index (χ1n) is 9.78. The number of nitrogens with one attached hydrogen (secondary N) is 1. The van der Waals surface area contributed by atoms with E-state index < -0.39 is 18.6 Å². The van der Waals surface area contributed by atoms with E-state index in [0.717, 1.165) is 24.2 Å². The molecule has 1 aromatic heterocycles. The fourth-order valence-electron chi connectivity index (χ4n) is 3.28. The molecule has 2 atom stereocenters. The van der Waals surface area contributed by atoms with Crippen LogP contribution in [0.3, 0.4) is 0 Å². The smallest absolute Gasteiger partial charge is 0.243 e. The molecule has 2 aromatic carbocycles. The predicted molar refractivity (Wildman–Crippen MR) is 120 cm³/mol. The highest BCUT2D eigenvalue weighted by molar-refractivity contribution is 5.94. The van der Waals surface area contributed by atoms with Crippen molar-refractivity contribution in [2.75, 3.05) is 11.9 Å². The molecule has 0 spiro atoms. The van der Waals surface area contributed by atoms with Gasteiger partial charge in [0.1, 0.15) is 23.6 Å². The van der Waals surface area contributed by atoms with Crippen LogP contribution in [0.1, 0.15) is 23.7 Å². The molecule has 4 rings (SSSR count). The lowest BCUT2D eigenvalue weighted by molar-refractivity contribution is -0.118. The average molecular weight is 442 g/mol. The number of aromatic nitrogens is 1. The summed E-state index contributed by atoms with van der Waals surface area (Å²) in [5.41, 5.74) is 8.23. The Morgan fingerprint density at radius 2 is 2.03 bits per heavy atom. The van der Waals surface area contributed by atoms with Crippen LogP contribution in [0.2, 0.25) is 0 Å². The van der Waals surface area contributed by atoms with Crippen LogP contribution < -0.4 is 20.5 Å². The fourth-order valence-corrected chi connectivity index (χ4v) is 3.28. The highest BCUT2D eigenvalue weighted by atomic mass is 35.5. The molecule has 4 N–H and O–H groups in total. The molecule has 1 aliphatic rings. The molecular weight excluding hydrogens is 418 g/mol. The monoisotopic (exact) mass is 441 g/mol. The Morgan fingerprint density at radius 3 is 2.74 bits per heavy atom. The van der Waals surface area contributed by atoms with Crippen LogP contribution in [0.25, 0.3) is 0 Å². The maximum atomic E-state index is 11.7. The number of fused-ring (bicyclic) bond motifs is 1. The minimum absolute atomic E-state index is 0. The number of benzene rings is 2. The van der Waals surface area contributed by atoms with Crippen LogP contribution >= 0.6 is 12.4 Å². The number of nitrogens with two attached hydrogens (primary N) is 1. The zero-order chi connectivity index (χ0) is 20.9. The molecule has 1 aliphatic heterocycles. The maximum absolute atomic E-state index is 11.7. The molecule has 0 saturated heterocycles. The van der Waals surface area contributed by atoms with E-state index in [-0.39, 0.29) is 18.5 Å². The number of nitrogens with zero attached hydrogens (tertiary/aromatic N) is 1. The second kappa shape index (κ2) is 10.3. The van der Waals surface area contributed by atoms with E-state index in [2.05, 4.69) is 22.4 Å². The van der Waals surface area contributed by atoms with Crippen LogP contribution in [0.4, 0.5) is 5.69 Å². The van der Waals surface area contributed by atoms with Crippen molar-refractivity contribution in [3.63, 3.8) is 0 Å². The van der Waals surface area contributed by atoms with Crippen molar-refractivity contribution in [2.45, 2.75) is 25.0 Å². The van der Waals surface area contributed by atoms with E-state index in [9.17, 15) is 4.79 Å². The normalized spacial score (nSPS) is 15.6. The van der Waals surface area contributed by atoms with E-state index >= 15 is 0 Å². The zero-order valence-electron chi connectivity index (χ0n) is 16.7. The minimum Gasteiger partial charge on any atom is -0.485 e. The zero-order valence-corrected chi connectivity index (χ0v) is 17.5. The summed E-state index contributed by atoms with van der Waals surface area (Å²) in [6.45, 7) is -0.422. The molecule has 2 unspecified atom stereocenters. The number of aliphatic hydroxyl groups is 1. The summed E-state index contributed by atoms with van der Waals surface area (Å²) in [4.78, 5) is 15.9. The first-order valence-corrected chi connectivity index (χ1v) is 9.78. The van der Waals surface area contributed by atoms with Gasteiger partial charge in [-0.05, 0) is 48.2 Å². The van der Waals surface area contributed by atoms with E-state index in [1.54, 1.807) is 12.1 Å². The van der Waals surface area contributed by atoms with Gasteiger partial charge < -0.3 is 25.6 Å². The van der Waals surface area contributed by atoms with Crippen molar-refractivity contribution in [1.29, 1.82) is 0 Å². The number of anilines is 1. The number of carbonyl (C=O) groups is 1. The van der Waals surface area contributed by atoms with E-state index in [4.69, 9.17) is 20.3 Å². The van der Waals surface area contributed by atoms with Crippen molar-refractivity contribution < 1.29 is 19.4 Å². The summed E-state index contributed by atoms with van der Waals surface area (Å²) in [7, 11) is 0. The fraction of sp³-hybridized carbons (Fsp3) is 0.217. The molecular formula is C23H24ClN3O4. The second-order valence-electron chi connectivity index (χ2n) is 7.09. The molecule has 31 heavy (non-hydrogen) atoms. The molecule has 0 aliphatic carbocycles. The van der Waals surface area contributed by atoms with Gasteiger partial charge in [-0.25, -0.2) is 4.98 Å². The van der Waals surface area contributed by atoms with Crippen LogP contribution in [-0.4, -0.2) is 28.6 Å². The molecule has 0 fully saturated rings. The molecule has 0 bridgehead atoms. The van der Waals surface area contributed by atoms with E-state index in [1.165, 1.54) is 11.8 Å². The summed E-state index contributed by atoms with van der Waals surface area (Å²) in [6.07, 6.45) is 3.34. The summed E-state index contributed by atoms with van der Waals surface area (Å²) in [5.74, 6) is 1.46. The summed E-state index contributed by atoms with van der Waals surface area (Å²) >= 11 is 0. The lowest BCUT2D eigenvalue weighted by Crippen LogP contribution is -2.38. The van der Waals surface area contributed by atoms with Gasteiger partial charge in [0.2, 0.25) is 11.8 Å². The third-order valence-corrected chi connectivity index (χ3v) is 4.91. The van der Waals surface area contributed by atoms with Crippen LogP contribution in [-0.2, 0) is 11.2 Å². The molecule has 0 radical (unpaired) electrons. The Morgan fingerprint density at radius 1 is 1.23 bits per heavy atom. The van der Waals surface area contributed by atoms with Gasteiger partial charge in [-0.3, -0.25) is 4.79 Å². The number of pyridine rings is 1. The highest BCUT2D eigenvalue weighted by Gasteiger charge is 2.21. The number of halogens is 1. The molecule has 8 heteroatoms. The van der Waals surface area contributed by atoms with Gasteiger partial charge in [0.05, 0.1) is 18.5 Å². The third-order valence-electron chi connectivity index (χ3n) is 4.91. The predicted octanol–water partition coefficient (Wildman–Crippen LogP) is 3.62. The maximum Gasteiger partial charge on any atom is 0.243 e. The summed E-state index contributed by atoms with van der Waals surface area (Å²) in [5, 5.41) is 11.5. The number of ether oxygens (including phenoxy) is 2. The Hall–Kier alpha value is -3.13. The number of hydrogen-bond donors (Lipinski definition) is 3. The number of rotatable bonds is 6. The SMILES string of the molecule is Cl.NC(CO)C(=O)Nc1ccc(Oc2ccc3c(c2)CCC(c2ccccc2)O3)nc1. The van der Waals surface area contributed by atoms with Gasteiger partial charge in [-0.2, -0.15) is 0 Å². The number of aliphatic hydroxyl groups excluding tert-OH is 1. The van der Waals surface area contributed by atoms with Gasteiger partial charge >= 0.3 is 0 Å². The number of aryl methyl sites for hydroxylation is 1. The first kappa shape index (κ1) is 22.6. The Bertz CT molecular complexity index is 1020. The van der Waals surface area contributed by atoms with Gasteiger partial charge in [-0.1, -0.05) is 30.3 Å². The van der Waals surface area contributed by atoms with Crippen molar-refractivity contribution in [3.05, 3.63) is 78.0 Å². The summed E-state index contributed by atoms with van der Waals surface area (Å²) in [6, 6.07) is 18.3. The largest absolute Gasteiger partial charge is 0.485 e. The Labute approximate surface area is 186 Å². The molecule has 162 valence electrons. The van der Waals surface area contributed by atoms with Crippen molar-refractivity contribution in [1.82, 2.24) is 4.98 Å². The number of hydrogen-bond acceptors (Lipinski definition) is 6. The van der Waals surface area contributed by atoms with Crippen LogP contribution in [0, 0.1) is 0 Å². The van der Waals surface area contributed by atoms with Gasteiger partial charge in [0, 0.05) is 6.07 Å². The van der Waals surface area contributed by atoms with E-state index in [0.29, 0.717) is 17.3 Å². The van der Waals surface area contributed by atoms with Gasteiger partial charge in [0.15, 0.2) is 0 Å². The molecule has 3 aromatic rings. The highest BCUT2D eigenvalue weighted by Crippen LogP contribution is 2.37. The minimum atomic E-state index is -0.972. The second-order valence-corrected chi connectivity index (χ2v) is 7.09. The quantitative estimate of drug-likeness (QED) is 0.539. The molecule has 0 saturated carbocycles. The number of amides is 1. The molecule has 7 nitrogen and oxygen atoms in total. The topological polar surface area (TPSA) is 107 Å². The third kappa shape index (κ3) is 5.52. The molecule has 1 amide bonds. The van der Waals surface area contributed by atoms with Gasteiger partial charge in [-0.15, -0.1) is 12.4 Å². The van der Waals surface area contributed by atoms with Crippen LogP contribution in [0.5, 0.6) is 17.4 Å². The van der Waals surface area contributed by atoms with Crippen molar-refractivity contribution >= 4 is 24.0 Å². The number of carbonyl (C=O) groups excluding carboxylic acids is 1. The lowest BCUT2D eigenvalue weighted by Gasteiger charge is -2.26. The average Bonchev–Trinajstić information content (AvgIpc) is 2.80. The molecule has 2 heterocycles. The Balaban J connectivity index is 0.00000272. The Kier molecular flexibility index (Phi) is 7.46. The summed E-state index contributed by atoms with van der Waals surface area (Å²) < 4.78 is 12.0. The van der Waals surface area contributed by atoms with Gasteiger partial charge in [0.25, 0.3) is 0 Å². The van der Waals surface area contributed by atoms with E-state index in [1.807, 2.05) is 36.4 Å². The standard InChI is InChI=1S/C23H23N3O4.ClH/c24-19(14-27)23(28)26-17-7-11-22(25-13-17)29-18-8-10-21-16(12-18)6-9-20(30-21)15-4-2-1-3-5-15;/h1-5,7-8,10-13,19-20,27H,6,9,14,24H2,(H,26,28);1H. The van der Waals surface area contributed by atoms with Crippen molar-refractivity contribution in [2.24, 2.45) is 5.73 Å².